The molecule has 1 aliphatic rings. The van der Waals surface area contributed by atoms with Gasteiger partial charge in [0.2, 0.25) is 0 Å². The molecule has 0 atom stereocenters. The molecule has 0 radical (unpaired) electrons. The summed E-state index contributed by atoms with van der Waals surface area (Å²) in [6.07, 6.45) is 3.58. The van der Waals surface area contributed by atoms with Gasteiger partial charge in [-0.2, -0.15) is 18.4 Å². The summed E-state index contributed by atoms with van der Waals surface area (Å²) in [6, 6.07) is 5.28. The Labute approximate surface area is 164 Å². The number of hydrogen-bond acceptors (Lipinski definition) is 4. The highest BCUT2D eigenvalue weighted by Crippen LogP contribution is 2.35. The highest BCUT2D eigenvalue weighted by atomic mass is 19.4. The van der Waals surface area contributed by atoms with Crippen molar-refractivity contribution in [1.82, 2.24) is 5.32 Å². The first-order valence-corrected chi connectivity index (χ1v) is 9.53. The molecule has 0 aliphatic heterocycles. The summed E-state index contributed by atoms with van der Waals surface area (Å²) >= 11 is 0. The van der Waals surface area contributed by atoms with Crippen LogP contribution in [0.3, 0.4) is 0 Å². The van der Waals surface area contributed by atoms with Crippen molar-refractivity contribution in [2.75, 3.05) is 13.7 Å². The summed E-state index contributed by atoms with van der Waals surface area (Å²) in [5, 5.41) is 11.8. The Balaban J connectivity index is 2.17. The third-order valence-electron chi connectivity index (χ3n) is 5.01. The molecule has 28 heavy (non-hydrogen) atoms. The fourth-order valence-corrected chi connectivity index (χ4v) is 3.56. The average Bonchev–Trinajstić information content (AvgIpc) is 2.69. The molecule has 1 saturated carbocycles. The Morgan fingerprint density at radius 1 is 1.29 bits per heavy atom. The van der Waals surface area contributed by atoms with Gasteiger partial charge in [0.25, 0.3) is 0 Å². The molecule has 0 aromatic heterocycles. The molecule has 7 heteroatoms. The molecule has 0 amide bonds. The minimum absolute atomic E-state index is 0.0394. The molecule has 1 N–H and O–H groups in total. The topological polar surface area (TPSA) is 57.4 Å². The number of allylic oxidation sites excluding steroid dienone is 1. The summed E-state index contributed by atoms with van der Waals surface area (Å²) in [4.78, 5) is 3.74. The summed E-state index contributed by atoms with van der Waals surface area (Å²) in [6.45, 7) is 3.74. The Kier molecular flexibility index (Phi) is 7.91. The molecule has 1 fully saturated rings. The second-order valence-corrected chi connectivity index (χ2v) is 6.98. The van der Waals surface area contributed by atoms with E-state index in [0.29, 0.717) is 12.5 Å². The zero-order chi connectivity index (χ0) is 20.6. The predicted octanol–water partition coefficient (Wildman–Crippen LogP) is 5.56. The van der Waals surface area contributed by atoms with Crippen molar-refractivity contribution in [3.05, 3.63) is 35.0 Å². The lowest BCUT2D eigenvalue weighted by molar-refractivity contribution is -0.137. The summed E-state index contributed by atoms with van der Waals surface area (Å²) in [7, 11) is 1.50. The Morgan fingerprint density at radius 2 is 2.00 bits per heavy atom. The lowest BCUT2D eigenvalue weighted by Gasteiger charge is -2.21. The van der Waals surface area contributed by atoms with Crippen LogP contribution >= 0.6 is 0 Å². The van der Waals surface area contributed by atoms with E-state index in [1.165, 1.54) is 45.2 Å². The van der Waals surface area contributed by atoms with Crippen LogP contribution in [0.5, 0.6) is 5.75 Å². The highest BCUT2D eigenvalue weighted by Gasteiger charge is 2.32. The summed E-state index contributed by atoms with van der Waals surface area (Å²) in [5.41, 5.74) is -0.611. The van der Waals surface area contributed by atoms with Gasteiger partial charge in [0.1, 0.15) is 23.2 Å². The van der Waals surface area contributed by atoms with Crippen LogP contribution in [0.15, 0.2) is 28.9 Å². The van der Waals surface area contributed by atoms with Gasteiger partial charge in [-0.25, -0.2) is 0 Å². The molecule has 0 saturated heterocycles. The number of nitriles is 1. The van der Waals surface area contributed by atoms with Gasteiger partial charge in [0.15, 0.2) is 0 Å². The standard InChI is InChI=1S/C21H26F3N3O/c1-26-19(14-25)20(27-2)16-11-17(21(22,23)24)13-18(12-16)28-10-6-9-15-7-4-3-5-8-15/h11-13,15,26H,2-10H2,1H3/b20-19-. The predicted molar refractivity (Wildman–Crippen MR) is 104 cm³/mol. The van der Waals surface area contributed by atoms with E-state index in [2.05, 4.69) is 17.0 Å². The fraction of sp³-hybridized carbons (Fsp3) is 0.524. The molecule has 4 nitrogen and oxygen atoms in total. The van der Waals surface area contributed by atoms with Crippen LogP contribution in [0.1, 0.15) is 56.1 Å². The zero-order valence-corrected chi connectivity index (χ0v) is 16.1. The number of hydrogen-bond donors (Lipinski definition) is 1. The summed E-state index contributed by atoms with van der Waals surface area (Å²) < 4.78 is 45.6. The molecule has 152 valence electrons. The van der Waals surface area contributed by atoms with Crippen LogP contribution in [-0.2, 0) is 6.18 Å². The Bertz CT molecular complexity index is 744. The van der Waals surface area contributed by atoms with Gasteiger partial charge in [0, 0.05) is 12.6 Å². The van der Waals surface area contributed by atoms with E-state index < -0.39 is 11.7 Å². The van der Waals surface area contributed by atoms with Crippen LogP contribution in [0.2, 0.25) is 0 Å². The van der Waals surface area contributed by atoms with Gasteiger partial charge in [-0.3, -0.25) is 4.99 Å². The second-order valence-electron chi connectivity index (χ2n) is 6.98. The van der Waals surface area contributed by atoms with E-state index in [-0.39, 0.29) is 22.7 Å². The van der Waals surface area contributed by atoms with E-state index >= 15 is 0 Å². The third kappa shape index (κ3) is 6.01. The molecule has 1 aromatic rings. The molecule has 1 aromatic carbocycles. The normalized spacial score (nSPS) is 16.1. The minimum atomic E-state index is -4.53. The monoisotopic (exact) mass is 393 g/mol. The van der Waals surface area contributed by atoms with Gasteiger partial charge < -0.3 is 10.1 Å². The quantitative estimate of drug-likeness (QED) is 0.357. The van der Waals surface area contributed by atoms with Crippen molar-refractivity contribution in [3.8, 4) is 11.8 Å². The number of alkyl halides is 3. The van der Waals surface area contributed by atoms with E-state index in [1.54, 1.807) is 0 Å². The van der Waals surface area contributed by atoms with Crippen molar-refractivity contribution >= 4 is 12.4 Å². The smallest absolute Gasteiger partial charge is 0.416 e. The molecule has 0 bridgehead atoms. The van der Waals surface area contributed by atoms with Crippen LogP contribution in [-0.4, -0.2) is 20.4 Å². The average molecular weight is 393 g/mol. The van der Waals surface area contributed by atoms with Crippen molar-refractivity contribution in [3.63, 3.8) is 0 Å². The van der Waals surface area contributed by atoms with Gasteiger partial charge in [-0.15, -0.1) is 0 Å². The SMILES string of the molecule is C=N/C(=C(/C#N)NC)c1cc(OCCCC2CCCCC2)cc(C(F)(F)F)c1. The maximum Gasteiger partial charge on any atom is 0.416 e. The van der Waals surface area contributed by atoms with Gasteiger partial charge in [0.05, 0.1) is 12.2 Å². The lowest BCUT2D eigenvalue weighted by Crippen LogP contribution is -2.10. The number of rotatable bonds is 8. The third-order valence-corrected chi connectivity index (χ3v) is 5.01. The maximum absolute atomic E-state index is 13.3. The molecular weight excluding hydrogens is 367 g/mol. The second kappa shape index (κ2) is 10.2. The van der Waals surface area contributed by atoms with Crippen molar-refractivity contribution < 1.29 is 17.9 Å². The van der Waals surface area contributed by atoms with Crippen LogP contribution in [0.4, 0.5) is 13.2 Å². The molecule has 0 unspecified atom stereocenters. The molecule has 0 heterocycles. The van der Waals surface area contributed by atoms with E-state index in [1.807, 2.05) is 6.07 Å². The number of ether oxygens (including phenoxy) is 1. The first-order valence-electron chi connectivity index (χ1n) is 9.53. The Morgan fingerprint density at radius 3 is 2.57 bits per heavy atom. The highest BCUT2D eigenvalue weighted by molar-refractivity contribution is 5.74. The minimum Gasteiger partial charge on any atom is -0.494 e. The Hall–Kier alpha value is -2.49. The zero-order valence-electron chi connectivity index (χ0n) is 16.1. The molecule has 2 rings (SSSR count). The van der Waals surface area contributed by atoms with Crippen LogP contribution < -0.4 is 10.1 Å². The first-order chi connectivity index (χ1) is 13.4. The van der Waals surface area contributed by atoms with Crippen molar-refractivity contribution in [2.24, 2.45) is 10.9 Å². The maximum atomic E-state index is 13.3. The number of nitrogens with zero attached hydrogens (tertiary/aromatic N) is 2. The molecule has 0 spiro atoms. The van der Waals surface area contributed by atoms with E-state index in [0.717, 1.165) is 25.0 Å². The number of halogens is 3. The largest absolute Gasteiger partial charge is 0.494 e. The van der Waals surface area contributed by atoms with E-state index in [9.17, 15) is 18.4 Å². The summed E-state index contributed by atoms with van der Waals surface area (Å²) in [5.74, 6) is 0.811. The van der Waals surface area contributed by atoms with Crippen molar-refractivity contribution in [2.45, 2.75) is 51.1 Å². The van der Waals surface area contributed by atoms with Crippen molar-refractivity contribution in [1.29, 1.82) is 5.26 Å². The number of benzene rings is 1. The number of nitrogens with one attached hydrogen (secondary N) is 1. The molecular formula is C21H26F3N3O. The fourth-order valence-electron chi connectivity index (χ4n) is 3.56. The molecule has 1 aliphatic carbocycles. The van der Waals surface area contributed by atoms with Gasteiger partial charge in [-0.05, 0) is 43.7 Å². The van der Waals surface area contributed by atoms with Crippen LogP contribution in [0.25, 0.3) is 5.70 Å². The van der Waals surface area contributed by atoms with Gasteiger partial charge >= 0.3 is 6.18 Å². The lowest BCUT2D eigenvalue weighted by atomic mass is 9.86. The van der Waals surface area contributed by atoms with Crippen LogP contribution in [0, 0.1) is 17.2 Å². The first kappa shape index (κ1) is 21.8. The van der Waals surface area contributed by atoms with E-state index in [4.69, 9.17) is 4.74 Å². The number of aliphatic imine (C=N–C) groups is 1. The van der Waals surface area contributed by atoms with Gasteiger partial charge in [-0.1, -0.05) is 32.1 Å².